The molecule has 0 saturated heterocycles. The summed E-state index contributed by atoms with van der Waals surface area (Å²) < 4.78 is 2.46. The van der Waals surface area contributed by atoms with Crippen LogP contribution in [-0.4, -0.2) is 10.6 Å². The summed E-state index contributed by atoms with van der Waals surface area (Å²) in [6.45, 7) is 0. The maximum Gasteiger partial charge on any atom is 0.0619 e. The number of hydrogen-bond donors (Lipinski definition) is 0. The van der Waals surface area contributed by atoms with Crippen LogP contribution in [0.25, 0.3) is 105 Å². The highest BCUT2D eigenvalue weighted by atomic mass is 15.2. The van der Waals surface area contributed by atoms with Crippen molar-refractivity contribution < 1.29 is 0 Å². The summed E-state index contributed by atoms with van der Waals surface area (Å²) in [7, 11) is 0. The molecule has 1 aliphatic carbocycles. The van der Waals surface area contributed by atoms with Crippen molar-refractivity contribution in [3.8, 4) is 27.9 Å². The standard InChI is InChI=1S/C62H42N2/c1-2-18-47(19-3-1)64-60-27-13-26-54(61(60)58-36-32-42-15-5-9-23-55(42)62(58)64)44-17-12-20-49(38-44)63(50-35-37-53-46(39-50)29-28-41-14-4-7-21-51(41)53)48-33-30-43(31-34-48)59-40-45-16-6-8-22-52(45)56-24-10-11-25-57(56)59/h1-34,36-40,50H,35H2. The highest BCUT2D eigenvalue weighted by Gasteiger charge is 2.23. The van der Waals surface area contributed by atoms with Crippen LogP contribution in [0.2, 0.25) is 0 Å². The van der Waals surface area contributed by atoms with Gasteiger partial charge in [0.05, 0.1) is 17.1 Å². The van der Waals surface area contributed by atoms with Crippen LogP contribution in [0.3, 0.4) is 0 Å². The molecule has 0 radical (unpaired) electrons. The van der Waals surface area contributed by atoms with Crippen molar-refractivity contribution in [3.05, 3.63) is 235 Å². The minimum absolute atomic E-state index is 0.0958. The van der Waals surface area contributed by atoms with E-state index in [0.717, 1.165) is 23.5 Å². The van der Waals surface area contributed by atoms with E-state index in [-0.39, 0.29) is 6.04 Å². The number of nitrogens with zero attached hydrogens (tertiary/aromatic N) is 2. The molecule has 0 amide bonds. The van der Waals surface area contributed by atoms with E-state index < -0.39 is 0 Å². The topological polar surface area (TPSA) is 8.17 Å². The molecule has 0 bridgehead atoms. The summed E-state index contributed by atoms with van der Waals surface area (Å²) in [5.74, 6) is 0. The molecule has 1 heterocycles. The Balaban J connectivity index is 0.994. The normalized spacial score (nSPS) is 13.7. The number of hydrogen-bond acceptors (Lipinski definition) is 1. The second kappa shape index (κ2) is 14.7. The summed E-state index contributed by atoms with van der Waals surface area (Å²) >= 11 is 0. The van der Waals surface area contributed by atoms with Crippen LogP contribution in [-0.2, 0) is 0 Å². The minimum atomic E-state index is 0.0958. The number of para-hydroxylation sites is 1. The average molecular weight is 815 g/mol. The van der Waals surface area contributed by atoms with Gasteiger partial charge in [-0.25, -0.2) is 0 Å². The first-order valence-electron chi connectivity index (χ1n) is 22.4. The number of benzene rings is 11. The molecule has 2 nitrogen and oxygen atoms in total. The molecule has 1 unspecified atom stereocenters. The molecule has 0 spiro atoms. The quantitative estimate of drug-likeness (QED) is 0.152. The Morgan fingerprint density at radius 2 is 1.08 bits per heavy atom. The van der Waals surface area contributed by atoms with Crippen molar-refractivity contribution in [2.75, 3.05) is 4.90 Å². The monoisotopic (exact) mass is 814 g/mol. The van der Waals surface area contributed by atoms with E-state index in [1.807, 2.05) is 0 Å². The predicted molar refractivity (Wildman–Crippen MR) is 273 cm³/mol. The summed E-state index contributed by atoms with van der Waals surface area (Å²) in [5, 5.41) is 15.3. The summed E-state index contributed by atoms with van der Waals surface area (Å²) in [6, 6.07) is 82.9. The summed E-state index contributed by atoms with van der Waals surface area (Å²) in [6.07, 6.45) is 5.83. The Morgan fingerprint density at radius 1 is 0.406 bits per heavy atom. The first kappa shape index (κ1) is 36.5. The van der Waals surface area contributed by atoms with Gasteiger partial charge >= 0.3 is 0 Å². The van der Waals surface area contributed by atoms with Gasteiger partial charge < -0.3 is 9.47 Å². The van der Waals surface area contributed by atoms with Gasteiger partial charge in [-0.15, -0.1) is 0 Å². The number of fused-ring (bicyclic) bond motifs is 11. The largest absolute Gasteiger partial charge is 0.334 e. The lowest BCUT2D eigenvalue weighted by Gasteiger charge is -2.33. The van der Waals surface area contributed by atoms with E-state index >= 15 is 0 Å². The van der Waals surface area contributed by atoms with Crippen molar-refractivity contribution in [1.29, 1.82) is 0 Å². The highest BCUT2D eigenvalue weighted by Crippen LogP contribution is 2.43. The van der Waals surface area contributed by atoms with E-state index in [1.165, 1.54) is 97.6 Å². The predicted octanol–water partition coefficient (Wildman–Crippen LogP) is 14.9. The number of aromatic nitrogens is 1. The fourth-order valence-corrected chi connectivity index (χ4v) is 10.7. The molecule has 0 N–H and O–H groups in total. The van der Waals surface area contributed by atoms with Crippen LogP contribution < -0.4 is 15.3 Å². The third-order valence-corrected chi connectivity index (χ3v) is 13.6. The zero-order chi connectivity index (χ0) is 42.1. The van der Waals surface area contributed by atoms with Crippen LogP contribution >= 0.6 is 0 Å². The van der Waals surface area contributed by atoms with E-state index in [1.54, 1.807) is 0 Å². The second-order valence-corrected chi connectivity index (χ2v) is 17.2. The fourth-order valence-electron chi connectivity index (χ4n) is 10.7. The number of anilines is 2. The molecular formula is C62H42N2. The SMILES string of the molecule is C1=c2ccc3ccccc3c2=CCC1N(c1ccc(-c2cc3ccccc3c3ccccc23)cc1)c1cccc(-c2cccc3c2c2ccc4ccccc4c2n3-c2ccccc2)c1. The third-order valence-electron chi connectivity index (χ3n) is 13.6. The van der Waals surface area contributed by atoms with E-state index in [2.05, 4.69) is 246 Å². The molecule has 1 atom stereocenters. The van der Waals surface area contributed by atoms with Crippen molar-refractivity contribution in [2.45, 2.75) is 12.5 Å². The molecule has 1 aliphatic rings. The Bertz CT molecular complexity index is 3930. The lowest BCUT2D eigenvalue weighted by molar-refractivity contribution is 0.838. The lowest BCUT2D eigenvalue weighted by Crippen LogP contribution is -2.38. The van der Waals surface area contributed by atoms with Gasteiger partial charge in [0.1, 0.15) is 0 Å². The minimum Gasteiger partial charge on any atom is -0.334 e. The van der Waals surface area contributed by atoms with Crippen LogP contribution in [0, 0.1) is 0 Å². The Morgan fingerprint density at radius 3 is 1.91 bits per heavy atom. The zero-order valence-corrected chi connectivity index (χ0v) is 35.2. The molecule has 0 fully saturated rings. The molecule has 12 aromatic rings. The van der Waals surface area contributed by atoms with Crippen LogP contribution in [0.4, 0.5) is 11.4 Å². The number of rotatable bonds is 6. The lowest BCUT2D eigenvalue weighted by atomic mass is 9.93. The van der Waals surface area contributed by atoms with E-state index in [4.69, 9.17) is 0 Å². The van der Waals surface area contributed by atoms with Crippen LogP contribution in [0.5, 0.6) is 0 Å². The smallest absolute Gasteiger partial charge is 0.0619 e. The maximum atomic E-state index is 2.56. The van der Waals surface area contributed by atoms with Gasteiger partial charge in [0.25, 0.3) is 0 Å². The zero-order valence-electron chi connectivity index (χ0n) is 35.2. The molecule has 0 saturated carbocycles. The van der Waals surface area contributed by atoms with Gasteiger partial charge in [-0.05, 0) is 125 Å². The average Bonchev–Trinajstić information content (AvgIpc) is 3.72. The summed E-state index contributed by atoms with van der Waals surface area (Å²) in [4.78, 5) is 2.56. The molecule has 64 heavy (non-hydrogen) atoms. The van der Waals surface area contributed by atoms with E-state index in [0.29, 0.717) is 0 Å². The molecule has 300 valence electrons. The van der Waals surface area contributed by atoms with Crippen molar-refractivity contribution >= 4 is 88.4 Å². The first-order valence-corrected chi connectivity index (χ1v) is 22.4. The molecule has 1 aromatic heterocycles. The first-order chi connectivity index (χ1) is 31.7. The highest BCUT2D eigenvalue weighted by molar-refractivity contribution is 6.22. The van der Waals surface area contributed by atoms with Crippen LogP contribution in [0.1, 0.15) is 6.42 Å². The van der Waals surface area contributed by atoms with Crippen molar-refractivity contribution in [3.63, 3.8) is 0 Å². The fraction of sp³-hybridized carbons (Fsp3) is 0.0323. The summed E-state index contributed by atoms with van der Waals surface area (Å²) in [5.41, 5.74) is 10.8. The maximum absolute atomic E-state index is 2.56. The van der Waals surface area contributed by atoms with Gasteiger partial charge in [-0.3, -0.25) is 0 Å². The van der Waals surface area contributed by atoms with Gasteiger partial charge in [0, 0.05) is 33.2 Å². The van der Waals surface area contributed by atoms with Gasteiger partial charge in [0.2, 0.25) is 0 Å². The molecular weight excluding hydrogens is 773 g/mol. The Labute approximate surface area is 371 Å². The van der Waals surface area contributed by atoms with Gasteiger partial charge in [0.15, 0.2) is 0 Å². The van der Waals surface area contributed by atoms with E-state index in [9.17, 15) is 0 Å². The Hall–Kier alpha value is -8.20. The van der Waals surface area contributed by atoms with Crippen molar-refractivity contribution in [2.24, 2.45) is 0 Å². The van der Waals surface area contributed by atoms with Gasteiger partial charge in [-0.2, -0.15) is 0 Å². The van der Waals surface area contributed by atoms with Gasteiger partial charge in [-0.1, -0.05) is 188 Å². The third kappa shape index (κ3) is 5.80. The Kier molecular flexibility index (Phi) is 8.39. The molecule has 0 aliphatic heterocycles. The molecule has 11 aromatic carbocycles. The van der Waals surface area contributed by atoms with Crippen LogP contribution in [0.15, 0.2) is 224 Å². The van der Waals surface area contributed by atoms with Crippen molar-refractivity contribution in [1.82, 2.24) is 4.57 Å². The second-order valence-electron chi connectivity index (χ2n) is 17.2. The molecule has 2 heteroatoms. The molecule has 13 rings (SSSR count).